The zero-order valence-corrected chi connectivity index (χ0v) is 9.26. The maximum Gasteiger partial charge on any atom is 0.0682 e. The second-order valence-corrected chi connectivity index (χ2v) is 3.88. The van der Waals surface area contributed by atoms with Crippen molar-refractivity contribution in [1.29, 1.82) is 0 Å². The second-order valence-electron chi connectivity index (χ2n) is 3.88. The van der Waals surface area contributed by atoms with Crippen LogP contribution in [-0.4, -0.2) is 10.2 Å². The van der Waals surface area contributed by atoms with Crippen molar-refractivity contribution < 1.29 is 0 Å². The molecule has 1 aromatic heterocycles. The molecule has 1 aromatic carbocycles. The van der Waals surface area contributed by atoms with E-state index in [-0.39, 0.29) is 0 Å². The van der Waals surface area contributed by atoms with E-state index in [0.717, 1.165) is 28.2 Å². The highest BCUT2D eigenvalue weighted by Crippen LogP contribution is 2.25. The van der Waals surface area contributed by atoms with Crippen molar-refractivity contribution in [3.63, 3.8) is 0 Å². The van der Waals surface area contributed by atoms with E-state index in [9.17, 15) is 0 Å². The van der Waals surface area contributed by atoms with Crippen LogP contribution in [0.4, 0.5) is 5.69 Å². The SMILES string of the molecule is Cc1ccc(-c2[nH]nc(C)c2C)cc1N. The zero-order chi connectivity index (χ0) is 11.0. The summed E-state index contributed by atoms with van der Waals surface area (Å²) < 4.78 is 0. The number of aryl methyl sites for hydroxylation is 2. The molecule has 1 heterocycles. The first-order valence-corrected chi connectivity index (χ1v) is 4.97. The van der Waals surface area contributed by atoms with Gasteiger partial charge in [0, 0.05) is 11.3 Å². The number of aromatic amines is 1. The summed E-state index contributed by atoms with van der Waals surface area (Å²) in [4.78, 5) is 0. The van der Waals surface area contributed by atoms with Crippen LogP contribution in [0.1, 0.15) is 16.8 Å². The number of nitrogens with two attached hydrogens (primary N) is 1. The number of aromatic nitrogens is 2. The molecule has 3 nitrogen and oxygen atoms in total. The van der Waals surface area contributed by atoms with Gasteiger partial charge in [0.05, 0.1) is 11.4 Å². The average Bonchev–Trinajstić information content (AvgIpc) is 2.53. The number of hydrogen-bond donors (Lipinski definition) is 2. The highest BCUT2D eigenvalue weighted by atomic mass is 15.1. The lowest BCUT2D eigenvalue weighted by molar-refractivity contribution is 1.05. The lowest BCUT2D eigenvalue weighted by atomic mass is 10.0. The van der Waals surface area contributed by atoms with Gasteiger partial charge in [-0.2, -0.15) is 5.10 Å². The average molecular weight is 201 g/mol. The van der Waals surface area contributed by atoms with Crippen LogP contribution in [0.25, 0.3) is 11.3 Å². The van der Waals surface area contributed by atoms with Crippen LogP contribution < -0.4 is 5.73 Å². The quantitative estimate of drug-likeness (QED) is 0.697. The third-order valence-corrected chi connectivity index (χ3v) is 2.82. The largest absolute Gasteiger partial charge is 0.398 e. The van der Waals surface area contributed by atoms with E-state index >= 15 is 0 Å². The fourth-order valence-electron chi connectivity index (χ4n) is 1.57. The summed E-state index contributed by atoms with van der Waals surface area (Å²) in [6.45, 7) is 6.06. The van der Waals surface area contributed by atoms with Gasteiger partial charge in [-0.1, -0.05) is 12.1 Å². The van der Waals surface area contributed by atoms with Crippen LogP contribution in [0, 0.1) is 20.8 Å². The lowest BCUT2D eigenvalue weighted by Crippen LogP contribution is -1.90. The minimum Gasteiger partial charge on any atom is -0.398 e. The molecular weight excluding hydrogens is 186 g/mol. The van der Waals surface area contributed by atoms with Crippen LogP contribution in [0.15, 0.2) is 18.2 Å². The third-order valence-electron chi connectivity index (χ3n) is 2.82. The summed E-state index contributed by atoms with van der Waals surface area (Å²) >= 11 is 0. The third kappa shape index (κ3) is 1.61. The predicted octanol–water partition coefficient (Wildman–Crippen LogP) is 2.58. The molecule has 0 aliphatic carbocycles. The van der Waals surface area contributed by atoms with E-state index < -0.39 is 0 Å². The second kappa shape index (κ2) is 3.42. The van der Waals surface area contributed by atoms with Gasteiger partial charge in [-0.15, -0.1) is 0 Å². The molecule has 2 rings (SSSR count). The van der Waals surface area contributed by atoms with E-state index in [0.29, 0.717) is 0 Å². The summed E-state index contributed by atoms with van der Waals surface area (Å²) in [5.74, 6) is 0. The van der Waals surface area contributed by atoms with E-state index in [4.69, 9.17) is 5.73 Å². The van der Waals surface area contributed by atoms with E-state index in [2.05, 4.69) is 23.2 Å². The van der Waals surface area contributed by atoms with Crippen LogP contribution in [0.5, 0.6) is 0 Å². The Kier molecular flexibility index (Phi) is 2.23. The van der Waals surface area contributed by atoms with Crippen molar-refractivity contribution in [2.75, 3.05) is 5.73 Å². The van der Waals surface area contributed by atoms with Gasteiger partial charge in [-0.3, -0.25) is 5.10 Å². The number of anilines is 1. The van der Waals surface area contributed by atoms with Gasteiger partial charge in [-0.05, 0) is 38.0 Å². The molecule has 0 unspecified atom stereocenters. The Morgan fingerprint density at radius 3 is 2.47 bits per heavy atom. The molecule has 0 atom stereocenters. The molecule has 0 radical (unpaired) electrons. The van der Waals surface area contributed by atoms with Crippen molar-refractivity contribution in [3.05, 3.63) is 35.0 Å². The van der Waals surface area contributed by atoms with Crippen LogP contribution >= 0.6 is 0 Å². The van der Waals surface area contributed by atoms with E-state index in [1.54, 1.807) is 0 Å². The fraction of sp³-hybridized carbons (Fsp3) is 0.250. The Hall–Kier alpha value is -1.77. The molecule has 0 aliphatic heterocycles. The molecule has 3 N–H and O–H groups in total. The maximum absolute atomic E-state index is 5.88. The standard InChI is InChI=1S/C12H15N3/c1-7-4-5-10(6-11(7)13)12-8(2)9(3)14-15-12/h4-6H,13H2,1-3H3,(H,14,15). The minimum absolute atomic E-state index is 0.819. The molecule has 78 valence electrons. The molecule has 0 bridgehead atoms. The monoisotopic (exact) mass is 201 g/mol. The first-order chi connectivity index (χ1) is 7.09. The number of nitrogens with one attached hydrogen (secondary N) is 1. The van der Waals surface area contributed by atoms with Crippen molar-refractivity contribution in [3.8, 4) is 11.3 Å². The Labute approximate surface area is 89.3 Å². The molecule has 15 heavy (non-hydrogen) atoms. The van der Waals surface area contributed by atoms with E-state index in [1.807, 2.05) is 26.0 Å². The van der Waals surface area contributed by atoms with Crippen molar-refractivity contribution in [1.82, 2.24) is 10.2 Å². The number of nitrogens with zero attached hydrogens (tertiary/aromatic N) is 1. The first kappa shape index (κ1) is 9.77. The summed E-state index contributed by atoms with van der Waals surface area (Å²) in [6, 6.07) is 6.07. The Morgan fingerprint density at radius 2 is 1.93 bits per heavy atom. The van der Waals surface area contributed by atoms with Gasteiger partial charge < -0.3 is 5.73 Å². The van der Waals surface area contributed by atoms with Crippen LogP contribution in [-0.2, 0) is 0 Å². The molecule has 0 saturated heterocycles. The van der Waals surface area contributed by atoms with E-state index in [1.165, 1.54) is 5.56 Å². The van der Waals surface area contributed by atoms with Crippen molar-refractivity contribution >= 4 is 5.69 Å². The van der Waals surface area contributed by atoms with Gasteiger partial charge in [0.15, 0.2) is 0 Å². The molecule has 0 aliphatic rings. The minimum atomic E-state index is 0.819. The van der Waals surface area contributed by atoms with Crippen LogP contribution in [0.3, 0.4) is 0 Å². The normalized spacial score (nSPS) is 10.6. The Balaban J connectivity index is 2.55. The molecule has 3 heteroatoms. The highest BCUT2D eigenvalue weighted by molar-refractivity contribution is 5.68. The van der Waals surface area contributed by atoms with Gasteiger partial charge in [-0.25, -0.2) is 0 Å². The number of benzene rings is 1. The number of H-pyrrole nitrogens is 1. The number of nitrogen functional groups attached to an aromatic ring is 1. The molecule has 0 fully saturated rings. The van der Waals surface area contributed by atoms with Gasteiger partial charge in [0.25, 0.3) is 0 Å². The number of hydrogen-bond acceptors (Lipinski definition) is 2. The van der Waals surface area contributed by atoms with Gasteiger partial charge in [0.2, 0.25) is 0 Å². The first-order valence-electron chi connectivity index (χ1n) is 4.97. The van der Waals surface area contributed by atoms with Gasteiger partial charge >= 0.3 is 0 Å². The maximum atomic E-state index is 5.88. The highest BCUT2D eigenvalue weighted by Gasteiger charge is 2.07. The summed E-state index contributed by atoms with van der Waals surface area (Å²) in [7, 11) is 0. The Bertz CT molecular complexity index is 498. The smallest absolute Gasteiger partial charge is 0.0682 e. The lowest BCUT2D eigenvalue weighted by Gasteiger charge is -2.04. The summed E-state index contributed by atoms with van der Waals surface area (Å²) in [5, 5.41) is 7.21. The molecular formula is C12H15N3. The fourth-order valence-corrected chi connectivity index (χ4v) is 1.57. The zero-order valence-electron chi connectivity index (χ0n) is 9.26. The van der Waals surface area contributed by atoms with Gasteiger partial charge in [0.1, 0.15) is 0 Å². The summed E-state index contributed by atoms with van der Waals surface area (Å²) in [5.41, 5.74) is 12.2. The molecule has 0 saturated carbocycles. The molecule has 2 aromatic rings. The predicted molar refractivity (Wildman–Crippen MR) is 62.6 cm³/mol. The van der Waals surface area contributed by atoms with Crippen molar-refractivity contribution in [2.45, 2.75) is 20.8 Å². The number of rotatable bonds is 1. The Morgan fingerprint density at radius 1 is 1.20 bits per heavy atom. The summed E-state index contributed by atoms with van der Waals surface area (Å²) in [6.07, 6.45) is 0. The molecule has 0 amide bonds. The van der Waals surface area contributed by atoms with Crippen LogP contribution in [0.2, 0.25) is 0 Å². The molecule has 0 spiro atoms. The topological polar surface area (TPSA) is 54.7 Å². The van der Waals surface area contributed by atoms with Crippen molar-refractivity contribution in [2.24, 2.45) is 0 Å².